The number of halogens is 3. The summed E-state index contributed by atoms with van der Waals surface area (Å²) in [5.74, 6) is 0.409. The van der Waals surface area contributed by atoms with Gasteiger partial charge in [0.1, 0.15) is 5.82 Å². The number of aryl methyl sites for hydroxylation is 2. The van der Waals surface area contributed by atoms with Gasteiger partial charge in [-0.2, -0.15) is 17.5 Å². The summed E-state index contributed by atoms with van der Waals surface area (Å²) in [4.78, 5) is 5.96. The van der Waals surface area contributed by atoms with E-state index in [0.29, 0.717) is 29.4 Å². The van der Waals surface area contributed by atoms with Crippen LogP contribution in [0.2, 0.25) is 0 Å². The van der Waals surface area contributed by atoms with E-state index in [1.54, 1.807) is 24.0 Å². The van der Waals surface area contributed by atoms with Gasteiger partial charge in [-0.25, -0.2) is 13.4 Å². The highest BCUT2D eigenvalue weighted by Crippen LogP contribution is 2.30. The molecule has 1 aliphatic rings. The number of aromatic nitrogens is 1. The Morgan fingerprint density at radius 2 is 1.67 bits per heavy atom. The molecule has 146 valence electrons. The fourth-order valence-corrected chi connectivity index (χ4v) is 4.75. The molecular weight excluding hydrogens is 379 g/mol. The standard InChI is InChI=1S/C18H20F3N3O2S/c1-13-3-4-14(2)16(11-13)27(25,26)24-9-7-23(8-10-24)17-6-5-15(12-22-17)18(19,20)21/h3-6,11-12H,7-10H2,1-2H3. The summed E-state index contributed by atoms with van der Waals surface area (Å²) in [6, 6.07) is 7.61. The average molecular weight is 399 g/mol. The molecule has 3 rings (SSSR count). The molecule has 1 fully saturated rings. The van der Waals surface area contributed by atoms with Gasteiger partial charge in [-0.1, -0.05) is 12.1 Å². The van der Waals surface area contributed by atoms with Crippen molar-refractivity contribution < 1.29 is 21.6 Å². The summed E-state index contributed by atoms with van der Waals surface area (Å²) in [7, 11) is -3.61. The van der Waals surface area contributed by atoms with Gasteiger partial charge in [0.05, 0.1) is 10.5 Å². The number of piperazine rings is 1. The third kappa shape index (κ3) is 4.08. The molecule has 0 unspecified atom stereocenters. The van der Waals surface area contributed by atoms with E-state index in [2.05, 4.69) is 4.98 Å². The van der Waals surface area contributed by atoms with E-state index in [1.807, 2.05) is 13.0 Å². The number of alkyl halides is 3. The molecule has 1 saturated heterocycles. The van der Waals surface area contributed by atoms with Crippen LogP contribution in [0.15, 0.2) is 41.4 Å². The summed E-state index contributed by atoms with van der Waals surface area (Å²) in [5.41, 5.74) is 0.751. The van der Waals surface area contributed by atoms with E-state index in [-0.39, 0.29) is 13.1 Å². The molecule has 2 heterocycles. The molecule has 0 N–H and O–H groups in total. The maximum absolute atomic E-state index is 12.9. The Balaban J connectivity index is 1.72. The molecule has 0 aliphatic carbocycles. The molecule has 0 amide bonds. The fourth-order valence-electron chi connectivity index (χ4n) is 3.02. The van der Waals surface area contributed by atoms with E-state index in [1.165, 1.54) is 10.4 Å². The summed E-state index contributed by atoms with van der Waals surface area (Å²) < 4.78 is 65.2. The Hall–Kier alpha value is -2.13. The first-order chi connectivity index (χ1) is 12.6. The smallest absolute Gasteiger partial charge is 0.354 e. The van der Waals surface area contributed by atoms with Crippen LogP contribution in [-0.2, 0) is 16.2 Å². The molecule has 1 aromatic carbocycles. The normalized spacial score (nSPS) is 16.6. The first-order valence-electron chi connectivity index (χ1n) is 8.44. The second-order valence-corrected chi connectivity index (χ2v) is 8.47. The van der Waals surface area contributed by atoms with Gasteiger partial charge in [0, 0.05) is 32.4 Å². The lowest BCUT2D eigenvalue weighted by atomic mass is 10.2. The van der Waals surface area contributed by atoms with Crippen LogP contribution in [0.25, 0.3) is 0 Å². The first kappa shape index (κ1) is 19.6. The number of nitrogens with zero attached hydrogens (tertiary/aromatic N) is 3. The number of hydrogen-bond acceptors (Lipinski definition) is 4. The molecular formula is C18H20F3N3O2S. The van der Waals surface area contributed by atoms with Gasteiger partial charge in [0.15, 0.2) is 0 Å². The van der Waals surface area contributed by atoms with Crippen molar-refractivity contribution in [2.24, 2.45) is 0 Å². The highest BCUT2D eigenvalue weighted by atomic mass is 32.2. The molecule has 5 nitrogen and oxygen atoms in total. The van der Waals surface area contributed by atoms with Gasteiger partial charge >= 0.3 is 6.18 Å². The number of pyridine rings is 1. The van der Waals surface area contributed by atoms with Crippen LogP contribution in [0.3, 0.4) is 0 Å². The zero-order valence-corrected chi connectivity index (χ0v) is 15.8. The Bertz CT molecular complexity index is 920. The Morgan fingerprint density at radius 3 is 2.22 bits per heavy atom. The molecule has 0 radical (unpaired) electrons. The van der Waals surface area contributed by atoms with Gasteiger partial charge in [-0.05, 0) is 43.2 Å². The molecule has 0 bridgehead atoms. The molecule has 27 heavy (non-hydrogen) atoms. The lowest BCUT2D eigenvalue weighted by molar-refractivity contribution is -0.137. The van der Waals surface area contributed by atoms with E-state index >= 15 is 0 Å². The van der Waals surface area contributed by atoms with E-state index < -0.39 is 21.8 Å². The Kier molecular flexibility index (Phi) is 5.18. The third-order valence-electron chi connectivity index (χ3n) is 4.60. The molecule has 0 atom stereocenters. The zero-order chi connectivity index (χ0) is 19.8. The van der Waals surface area contributed by atoms with E-state index in [9.17, 15) is 21.6 Å². The molecule has 9 heteroatoms. The second-order valence-electron chi connectivity index (χ2n) is 6.56. The number of sulfonamides is 1. The maximum Gasteiger partial charge on any atom is 0.417 e. The second kappa shape index (κ2) is 7.12. The van der Waals surface area contributed by atoms with Crippen LogP contribution in [0.1, 0.15) is 16.7 Å². The summed E-state index contributed by atoms with van der Waals surface area (Å²) in [6.45, 7) is 4.82. The number of anilines is 1. The first-order valence-corrected chi connectivity index (χ1v) is 9.88. The van der Waals surface area contributed by atoms with Gasteiger partial charge in [-0.3, -0.25) is 0 Å². The van der Waals surface area contributed by atoms with E-state index in [4.69, 9.17) is 0 Å². The van der Waals surface area contributed by atoms with Crippen molar-refractivity contribution in [3.63, 3.8) is 0 Å². The minimum Gasteiger partial charge on any atom is -0.354 e. The van der Waals surface area contributed by atoms with Crippen LogP contribution in [0.5, 0.6) is 0 Å². The molecule has 1 aliphatic heterocycles. The van der Waals surface area contributed by atoms with Gasteiger partial charge in [-0.15, -0.1) is 0 Å². The molecule has 1 aromatic heterocycles. The third-order valence-corrected chi connectivity index (χ3v) is 6.64. The monoisotopic (exact) mass is 399 g/mol. The number of benzene rings is 1. The highest BCUT2D eigenvalue weighted by molar-refractivity contribution is 7.89. The van der Waals surface area contributed by atoms with Gasteiger partial charge in [0.2, 0.25) is 10.0 Å². The minimum atomic E-state index is -4.43. The fraction of sp³-hybridized carbons (Fsp3) is 0.389. The average Bonchev–Trinajstić information content (AvgIpc) is 2.63. The topological polar surface area (TPSA) is 53.5 Å². The van der Waals surface area contributed by atoms with Crippen LogP contribution in [0.4, 0.5) is 19.0 Å². The molecule has 0 spiro atoms. The largest absolute Gasteiger partial charge is 0.417 e. The van der Waals surface area contributed by atoms with Crippen LogP contribution in [0, 0.1) is 13.8 Å². The summed E-state index contributed by atoms with van der Waals surface area (Å²) in [5, 5.41) is 0. The SMILES string of the molecule is Cc1ccc(C)c(S(=O)(=O)N2CCN(c3ccc(C(F)(F)F)cn3)CC2)c1. The van der Waals surface area contributed by atoms with Crippen molar-refractivity contribution in [1.29, 1.82) is 0 Å². The van der Waals surface area contributed by atoms with Crippen LogP contribution in [-0.4, -0.2) is 43.9 Å². The zero-order valence-electron chi connectivity index (χ0n) is 15.0. The van der Waals surface area contributed by atoms with Gasteiger partial charge < -0.3 is 4.90 Å². The molecule has 2 aromatic rings. The van der Waals surface area contributed by atoms with Crippen molar-refractivity contribution >= 4 is 15.8 Å². The van der Waals surface area contributed by atoms with Crippen molar-refractivity contribution in [2.75, 3.05) is 31.1 Å². The van der Waals surface area contributed by atoms with Crippen molar-refractivity contribution in [3.05, 3.63) is 53.2 Å². The number of hydrogen-bond donors (Lipinski definition) is 0. The maximum atomic E-state index is 12.9. The quantitative estimate of drug-likeness (QED) is 0.795. The highest BCUT2D eigenvalue weighted by Gasteiger charge is 2.32. The lowest BCUT2D eigenvalue weighted by Gasteiger charge is -2.35. The minimum absolute atomic E-state index is 0.248. The molecule has 0 saturated carbocycles. The predicted molar refractivity (Wildman–Crippen MR) is 96.1 cm³/mol. The predicted octanol–water partition coefficient (Wildman–Crippen LogP) is 3.23. The lowest BCUT2D eigenvalue weighted by Crippen LogP contribution is -2.49. The van der Waals surface area contributed by atoms with Crippen LogP contribution >= 0.6 is 0 Å². The van der Waals surface area contributed by atoms with Crippen LogP contribution < -0.4 is 4.90 Å². The Labute approximate surface area is 156 Å². The van der Waals surface area contributed by atoms with Crippen molar-refractivity contribution in [1.82, 2.24) is 9.29 Å². The van der Waals surface area contributed by atoms with Gasteiger partial charge in [0.25, 0.3) is 0 Å². The van der Waals surface area contributed by atoms with Crippen molar-refractivity contribution in [2.45, 2.75) is 24.9 Å². The summed E-state index contributed by atoms with van der Waals surface area (Å²) >= 11 is 0. The van der Waals surface area contributed by atoms with Crippen molar-refractivity contribution in [3.8, 4) is 0 Å². The summed E-state index contributed by atoms with van der Waals surface area (Å²) in [6.07, 6.45) is -3.63. The number of rotatable bonds is 3. The van der Waals surface area contributed by atoms with E-state index in [0.717, 1.165) is 17.8 Å². The Morgan fingerprint density at radius 1 is 1.00 bits per heavy atom.